The molecule has 0 atom stereocenters. The molecular weight excluding hydrogens is 216 g/mol. The molecule has 0 amide bonds. The first-order chi connectivity index (χ1) is 7.74. The Hall–Kier alpha value is -0.640. The second-order valence-corrected chi connectivity index (χ2v) is 5.62. The Morgan fingerprint density at radius 1 is 1.31 bits per heavy atom. The Morgan fingerprint density at radius 2 is 2.00 bits per heavy atom. The maximum Gasteiger partial charge on any atom is 0.0328 e. The van der Waals surface area contributed by atoms with Gasteiger partial charge >= 0.3 is 0 Å². The van der Waals surface area contributed by atoms with Gasteiger partial charge in [-0.2, -0.15) is 0 Å². The molecule has 2 rings (SSSR count). The van der Waals surface area contributed by atoms with Crippen molar-refractivity contribution in [3.8, 4) is 0 Å². The fourth-order valence-electron chi connectivity index (χ4n) is 2.11. The van der Waals surface area contributed by atoms with Crippen molar-refractivity contribution in [1.82, 2.24) is 9.80 Å². The molecule has 0 bridgehead atoms. The molecule has 1 aliphatic rings. The molecule has 0 saturated carbocycles. The SMILES string of the molecule is C=C(C)CN1CCN(Cc2cccs2)CC1. The molecule has 1 fully saturated rings. The molecule has 0 unspecified atom stereocenters. The zero-order valence-electron chi connectivity index (χ0n) is 9.98. The summed E-state index contributed by atoms with van der Waals surface area (Å²) < 4.78 is 0. The summed E-state index contributed by atoms with van der Waals surface area (Å²) >= 11 is 1.86. The van der Waals surface area contributed by atoms with Crippen molar-refractivity contribution in [3.63, 3.8) is 0 Å². The lowest BCUT2D eigenvalue weighted by molar-refractivity contribution is 0.136. The van der Waals surface area contributed by atoms with Crippen LogP contribution in [0, 0.1) is 0 Å². The second-order valence-electron chi connectivity index (χ2n) is 4.59. The van der Waals surface area contributed by atoms with Gasteiger partial charge in [0.1, 0.15) is 0 Å². The van der Waals surface area contributed by atoms with Crippen molar-refractivity contribution >= 4 is 11.3 Å². The lowest BCUT2D eigenvalue weighted by atomic mass is 10.2. The first kappa shape index (κ1) is 11.8. The van der Waals surface area contributed by atoms with E-state index in [1.165, 1.54) is 36.6 Å². The number of piperazine rings is 1. The Morgan fingerprint density at radius 3 is 2.56 bits per heavy atom. The molecule has 2 nitrogen and oxygen atoms in total. The van der Waals surface area contributed by atoms with Gasteiger partial charge in [-0.25, -0.2) is 0 Å². The molecule has 1 aromatic heterocycles. The van der Waals surface area contributed by atoms with E-state index in [9.17, 15) is 0 Å². The van der Waals surface area contributed by atoms with Crippen molar-refractivity contribution in [3.05, 3.63) is 34.5 Å². The maximum atomic E-state index is 3.98. The van der Waals surface area contributed by atoms with E-state index < -0.39 is 0 Å². The molecule has 1 saturated heterocycles. The standard InChI is InChI=1S/C13H20N2S/c1-12(2)10-14-5-7-15(8-6-14)11-13-4-3-9-16-13/h3-4,9H,1,5-8,10-11H2,2H3. The number of thiophene rings is 1. The van der Waals surface area contributed by atoms with Crippen LogP contribution in [0.3, 0.4) is 0 Å². The van der Waals surface area contributed by atoms with Crippen LogP contribution in [0.1, 0.15) is 11.8 Å². The van der Waals surface area contributed by atoms with Crippen LogP contribution in [-0.2, 0) is 6.54 Å². The monoisotopic (exact) mass is 236 g/mol. The molecular formula is C13H20N2S. The Bertz CT molecular complexity index is 324. The highest BCUT2D eigenvalue weighted by Gasteiger charge is 2.16. The Kier molecular flexibility index (Phi) is 4.16. The van der Waals surface area contributed by atoms with Crippen LogP contribution in [0.25, 0.3) is 0 Å². The van der Waals surface area contributed by atoms with Crippen molar-refractivity contribution in [2.24, 2.45) is 0 Å². The molecule has 1 aliphatic heterocycles. The van der Waals surface area contributed by atoms with Crippen LogP contribution < -0.4 is 0 Å². The average Bonchev–Trinajstić information content (AvgIpc) is 2.73. The van der Waals surface area contributed by atoms with Gasteiger partial charge in [0.2, 0.25) is 0 Å². The lowest BCUT2D eigenvalue weighted by Crippen LogP contribution is -2.46. The number of nitrogens with zero attached hydrogens (tertiary/aromatic N) is 2. The van der Waals surface area contributed by atoms with E-state index in [1.54, 1.807) is 0 Å². The number of hydrogen-bond acceptors (Lipinski definition) is 3. The summed E-state index contributed by atoms with van der Waals surface area (Å²) in [4.78, 5) is 6.52. The molecule has 0 radical (unpaired) electrons. The van der Waals surface area contributed by atoms with Gasteiger partial charge in [-0.05, 0) is 18.4 Å². The molecule has 0 N–H and O–H groups in total. The maximum absolute atomic E-state index is 3.98. The van der Waals surface area contributed by atoms with E-state index in [2.05, 4.69) is 40.8 Å². The topological polar surface area (TPSA) is 6.48 Å². The molecule has 2 heterocycles. The zero-order chi connectivity index (χ0) is 11.4. The zero-order valence-corrected chi connectivity index (χ0v) is 10.8. The summed E-state index contributed by atoms with van der Waals surface area (Å²) in [7, 11) is 0. The molecule has 0 spiro atoms. The van der Waals surface area contributed by atoms with Gasteiger partial charge < -0.3 is 0 Å². The largest absolute Gasteiger partial charge is 0.297 e. The first-order valence-electron chi connectivity index (χ1n) is 5.85. The summed E-state index contributed by atoms with van der Waals surface area (Å²) in [5.74, 6) is 0. The van der Waals surface area contributed by atoms with Crippen molar-refractivity contribution in [1.29, 1.82) is 0 Å². The minimum Gasteiger partial charge on any atom is -0.297 e. The highest BCUT2D eigenvalue weighted by molar-refractivity contribution is 7.09. The number of hydrogen-bond donors (Lipinski definition) is 0. The predicted octanol–water partition coefficient (Wildman–Crippen LogP) is 2.44. The summed E-state index contributed by atoms with van der Waals surface area (Å²) in [6.07, 6.45) is 0. The van der Waals surface area contributed by atoms with Crippen LogP contribution in [0.4, 0.5) is 0 Å². The van der Waals surface area contributed by atoms with Crippen LogP contribution in [-0.4, -0.2) is 42.5 Å². The van der Waals surface area contributed by atoms with E-state index in [1.807, 2.05) is 11.3 Å². The summed E-state index contributed by atoms with van der Waals surface area (Å²) in [5, 5.41) is 2.16. The molecule has 1 aromatic rings. The van der Waals surface area contributed by atoms with Crippen LogP contribution in [0.2, 0.25) is 0 Å². The first-order valence-corrected chi connectivity index (χ1v) is 6.73. The predicted molar refractivity (Wildman–Crippen MR) is 70.9 cm³/mol. The molecule has 16 heavy (non-hydrogen) atoms. The molecule has 0 aromatic carbocycles. The van der Waals surface area contributed by atoms with E-state index >= 15 is 0 Å². The third-order valence-corrected chi connectivity index (χ3v) is 3.78. The minimum absolute atomic E-state index is 1.06. The van der Waals surface area contributed by atoms with Crippen molar-refractivity contribution in [2.45, 2.75) is 13.5 Å². The van der Waals surface area contributed by atoms with Gasteiger partial charge in [0, 0.05) is 44.1 Å². The summed E-state index contributed by atoms with van der Waals surface area (Å²) in [6.45, 7) is 13.0. The van der Waals surface area contributed by atoms with Crippen LogP contribution in [0.5, 0.6) is 0 Å². The fraction of sp³-hybridized carbons (Fsp3) is 0.538. The minimum atomic E-state index is 1.06. The van der Waals surface area contributed by atoms with Crippen LogP contribution >= 0.6 is 11.3 Å². The van der Waals surface area contributed by atoms with Gasteiger partial charge in [-0.15, -0.1) is 11.3 Å². The van der Waals surface area contributed by atoms with E-state index in [0.717, 1.165) is 13.1 Å². The smallest absolute Gasteiger partial charge is 0.0328 e. The van der Waals surface area contributed by atoms with Crippen molar-refractivity contribution < 1.29 is 0 Å². The average molecular weight is 236 g/mol. The summed E-state index contributed by atoms with van der Waals surface area (Å²) in [6, 6.07) is 4.36. The molecule has 88 valence electrons. The van der Waals surface area contributed by atoms with Gasteiger partial charge in [0.05, 0.1) is 0 Å². The van der Waals surface area contributed by atoms with Crippen molar-refractivity contribution in [2.75, 3.05) is 32.7 Å². The third kappa shape index (κ3) is 3.44. The Balaban J connectivity index is 1.75. The normalized spacial score (nSPS) is 18.8. The van der Waals surface area contributed by atoms with Gasteiger partial charge in [0.15, 0.2) is 0 Å². The highest BCUT2D eigenvalue weighted by Crippen LogP contribution is 2.13. The van der Waals surface area contributed by atoms with Gasteiger partial charge in [0.25, 0.3) is 0 Å². The van der Waals surface area contributed by atoms with Crippen LogP contribution in [0.15, 0.2) is 29.7 Å². The van der Waals surface area contributed by atoms with E-state index in [-0.39, 0.29) is 0 Å². The quantitative estimate of drug-likeness (QED) is 0.741. The molecule has 3 heteroatoms. The number of rotatable bonds is 4. The highest BCUT2D eigenvalue weighted by atomic mass is 32.1. The molecule has 0 aliphatic carbocycles. The third-order valence-electron chi connectivity index (χ3n) is 2.92. The van der Waals surface area contributed by atoms with E-state index in [4.69, 9.17) is 0 Å². The van der Waals surface area contributed by atoms with Gasteiger partial charge in [-0.1, -0.05) is 18.2 Å². The summed E-state index contributed by atoms with van der Waals surface area (Å²) in [5.41, 5.74) is 1.27. The lowest BCUT2D eigenvalue weighted by Gasteiger charge is -2.34. The van der Waals surface area contributed by atoms with E-state index in [0.29, 0.717) is 0 Å². The second kappa shape index (κ2) is 5.62. The van der Waals surface area contributed by atoms with Gasteiger partial charge in [-0.3, -0.25) is 9.80 Å². The Labute approximate surface area is 102 Å². The fourth-order valence-corrected chi connectivity index (χ4v) is 2.86.